The van der Waals surface area contributed by atoms with Gasteiger partial charge in [0.2, 0.25) is 5.91 Å². The zero-order chi connectivity index (χ0) is 10.5. The summed E-state index contributed by atoms with van der Waals surface area (Å²) in [6.45, 7) is 6.40. The average molecular weight is 188 g/mol. The molecule has 0 heterocycles. The van der Waals surface area contributed by atoms with Crippen molar-refractivity contribution in [2.45, 2.75) is 32.8 Å². The topological polar surface area (TPSA) is 41.6 Å². The second-order valence-corrected chi connectivity index (χ2v) is 4.29. The zero-order valence-electron chi connectivity index (χ0n) is 9.18. The molecule has 0 fully saturated rings. The first-order valence-electron chi connectivity index (χ1n) is 4.43. The third kappa shape index (κ3) is 9.30. The summed E-state index contributed by atoms with van der Waals surface area (Å²) in [6, 6.07) is 0. The Morgan fingerprint density at radius 1 is 1.38 bits per heavy atom. The Kier molecular flexibility index (Phi) is 4.95. The summed E-state index contributed by atoms with van der Waals surface area (Å²) in [6.07, 6.45) is 0.461. The molecule has 0 aliphatic heterocycles. The first-order valence-corrected chi connectivity index (χ1v) is 4.43. The molecule has 78 valence electrons. The van der Waals surface area contributed by atoms with Gasteiger partial charge in [0, 0.05) is 13.0 Å². The maximum atomic E-state index is 11.1. The normalized spacial score (nSPS) is 11.8. The summed E-state index contributed by atoms with van der Waals surface area (Å²) < 4.78 is 0. The first kappa shape index (κ1) is 12.4. The number of amides is 1. The van der Waals surface area contributed by atoms with Gasteiger partial charge in [-0.1, -0.05) is 0 Å². The molecule has 0 aliphatic rings. The highest BCUT2D eigenvalue weighted by Crippen LogP contribution is 2.03. The van der Waals surface area contributed by atoms with Gasteiger partial charge in [-0.15, -0.1) is 0 Å². The molecule has 0 aromatic heterocycles. The molecule has 0 aliphatic carbocycles. The highest BCUT2D eigenvalue weighted by molar-refractivity contribution is 5.74. The minimum Gasteiger partial charge on any atom is -0.309 e. The summed E-state index contributed by atoms with van der Waals surface area (Å²) in [4.78, 5) is 18.2. The number of carbonyl (C=O) groups is 1. The second-order valence-electron chi connectivity index (χ2n) is 4.29. The summed E-state index contributed by atoms with van der Waals surface area (Å²) >= 11 is 0. The smallest absolute Gasteiger partial charge is 0.244 e. The molecule has 1 N–H and O–H groups in total. The van der Waals surface area contributed by atoms with E-state index in [-0.39, 0.29) is 11.5 Å². The van der Waals surface area contributed by atoms with Gasteiger partial charge in [-0.25, -0.2) is 5.48 Å². The van der Waals surface area contributed by atoms with Crippen molar-refractivity contribution in [1.29, 1.82) is 0 Å². The van der Waals surface area contributed by atoms with Gasteiger partial charge in [-0.05, 0) is 34.9 Å². The van der Waals surface area contributed by atoms with E-state index >= 15 is 0 Å². The van der Waals surface area contributed by atoms with Crippen LogP contribution in [0, 0.1) is 0 Å². The Morgan fingerprint density at radius 3 is 2.31 bits per heavy atom. The lowest BCUT2D eigenvalue weighted by atomic mass is 10.2. The van der Waals surface area contributed by atoms with Gasteiger partial charge < -0.3 is 4.90 Å². The van der Waals surface area contributed by atoms with Crippen LogP contribution in [0.15, 0.2) is 0 Å². The number of hydrogen-bond donors (Lipinski definition) is 1. The van der Waals surface area contributed by atoms with Crippen molar-refractivity contribution >= 4 is 5.91 Å². The molecule has 0 saturated carbocycles. The van der Waals surface area contributed by atoms with Gasteiger partial charge in [0.15, 0.2) is 0 Å². The number of hydrogen-bond acceptors (Lipinski definition) is 3. The van der Waals surface area contributed by atoms with E-state index < -0.39 is 0 Å². The third-order valence-electron chi connectivity index (χ3n) is 1.26. The molecular formula is C9H20N2O2. The minimum absolute atomic E-state index is 0.0800. The number of hydroxylamine groups is 1. The summed E-state index contributed by atoms with van der Waals surface area (Å²) in [5.41, 5.74) is 2.09. The van der Waals surface area contributed by atoms with Gasteiger partial charge in [-0.3, -0.25) is 9.63 Å². The van der Waals surface area contributed by atoms with Crippen LogP contribution >= 0.6 is 0 Å². The highest BCUT2D eigenvalue weighted by atomic mass is 16.7. The molecule has 0 saturated heterocycles. The minimum atomic E-state index is -0.326. The molecule has 0 unspecified atom stereocenters. The molecule has 0 rings (SSSR count). The highest BCUT2D eigenvalue weighted by Gasteiger charge is 2.12. The number of nitrogens with zero attached hydrogens (tertiary/aromatic N) is 1. The van der Waals surface area contributed by atoms with E-state index in [1.165, 1.54) is 0 Å². The van der Waals surface area contributed by atoms with Crippen molar-refractivity contribution in [1.82, 2.24) is 10.4 Å². The third-order valence-corrected chi connectivity index (χ3v) is 1.26. The van der Waals surface area contributed by atoms with Crippen LogP contribution in [0.4, 0.5) is 0 Å². The van der Waals surface area contributed by atoms with Crippen molar-refractivity contribution in [2.24, 2.45) is 0 Å². The molecule has 0 aromatic rings. The van der Waals surface area contributed by atoms with Crippen molar-refractivity contribution in [3.8, 4) is 0 Å². The fraction of sp³-hybridized carbons (Fsp3) is 0.889. The van der Waals surface area contributed by atoms with Crippen molar-refractivity contribution < 1.29 is 9.63 Å². The second kappa shape index (κ2) is 5.19. The molecule has 1 amide bonds. The van der Waals surface area contributed by atoms with E-state index in [4.69, 9.17) is 4.84 Å². The molecule has 4 heteroatoms. The van der Waals surface area contributed by atoms with Gasteiger partial charge in [0.1, 0.15) is 0 Å². The lowest BCUT2D eigenvalue weighted by Crippen LogP contribution is -2.34. The Labute approximate surface area is 80.2 Å². The molecular weight excluding hydrogens is 168 g/mol. The van der Waals surface area contributed by atoms with Crippen molar-refractivity contribution in [3.63, 3.8) is 0 Å². The number of nitrogens with one attached hydrogen (secondary N) is 1. The van der Waals surface area contributed by atoms with Crippen LogP contribution in [0.25, 0.3) is 0 Å². The molecule has 0 spiro atoms. The standard InChI is InChI=1S/C9H20N2O2/c1-9(2,3)13-10-8(12)6-7-11(4)5/h6-7H2,1-5H3,(H,10,12). The quantitative estimate of drug-likeness (QED) is 0.663. The lowest BCUT2D eigenvalue weighted by Gasteiger charge is -2.19. The van der Waals surface area contributed by atoms with Crippen LogP contribution in [0.1, 0.15) is 27.2 Å². The Balaban J connectivity index is 3.53. The predicted octanol–water partition coefficient (Wildman–Crippen LogP) is 0.784. The molecule has 13 heavy (non-hydrogen) atoms. The van der Waals surface area contributed by atoms with Gasteiger partial charge in [0.25, 0.3) is 0 Å². The maximum Gasteiger partial charge on any atom is 0.244 e. The summed E-state index contributed by atoms with van der Waals surface area (Å²) in [5, 5.41) is 0. The molecule has 0 atom stereocenters. The van der Waals surface area contributed by atoms with Gasteiger partial charge >= 0.3 is 0 Å². The van der Waals surface area contributed by atoms with Crippen molar-refractivity contribution in [3.05, 3.63) is 0 Å². The average Bonchev–Trinajstić information content (AvgIpc) is 1.95. The Morgan fingerprint density at radius 2 is 1.92 bits per heavy atom. The maximum absolute atomic E-state index is 11.1. The molecule has 4 nitrogen and oxygen atoms in total. The van der Waals surface area contributed by atoms with E-state index in [9.17, 15) is 4.79 Å². The van der Waals surface area contributed by atoms with E-state index in [2.05, 4.69) is 5.48 Å². The van der Waals surface area contributed by atoms with Crippen LogP contribution in [0.2, 0.25) is 0 Å². The predicted molar refractivity (Wildman–Crippen MR) is 52.2 cm³/mol. The van der Waals surface area contributed by atoms with E-state index in [0.29, 0.717) is 6.42 Å². The first-order chi connectivity index (χ1) is 5.81. The van der Waals surface area contributed by atoms with Crippen LogP contribution in [-0.2, 0) is 9.63 Å². The zero-order valence-corrected chi connectivity index (χ0v) is 9.18. The van der Waals surface area contributed by atoms with Gasteiger partial charge in [-0.2, -0.15) is 0 Å². The van der Waals surface area contributed by atoms with E-state index in [0.717, 1.165) is 6.54 Å². The Hall–Kier alpha value is -0.610. The monoisotopic (exact) mass is 188 g/mol. The summed E-state index contributed by atoms with van der Waals surface area (Å²) in [7, 11) is 3.86. The largest absolute Gasteiger partial charge is 0.309 e. The fourth-order valence-electron chi connectivity index (χ4n) is 0.586. The SMILES string of the molecule is CN(C)CCC(=O)NOC(C)(C)C. The van der Waals surface area contributed by atoms with E-state index in [1.54, 1.807) is 0 Å². The van der Waals surface area contributed by atoms with Crippen molar-refractivity contribution in [2.75, 3.05) is 20.6 Å². The fourth-order valence-corrected chi connectivity index (χ4v) is 0.586. The summed E-state index contributed by atoms with van der Waals surface area (Å²) in [5.74, 6) is -0.0800. The van der Waals surface area contributed by atoms with E-state index in [1.807, 2.05) is 39.8 Å². The number of carbonyl (C=O) groups excluding carboxylic acids is 1. The Bertz CT molecular complexity index is 161. The van der Waals surface area contributed by atoms with Crippen LogP contribution in [0.5, 0.6) is 0 Å². The molecule has 0 bridgehead atoms. The van der Waals surface area contributed by atoms with Crippen LogP contribution < -0.4 is 5.48 Å². The molecule has 0 aromatic carbocycles. The van der Waals surface area contributed by atoms with Crippen LogP contribution in [0.3, 0.4) is 0 Å². The lowest BCUT2D eigenvalue weighted by molar-refractivity contribution is -0.145. The van der Waals surface area contributed by atoms with Gasteiger partial charge in [0.05, 0.1) is 5.60 Å². The number of rotatable bonds is 4. The molecule has 0 radical (unpaired) electrons. The van der Waals surface area contributed by atoms with Crippen LogP contribution in [-0.4, -0.2) is 37.0 Å².